The number of hydrogen-bond donors (Lipinski definition) is 3. The first-order chi connectivity index (χ1) is 13.5. The molecule has 0 unspecified atom stereocenters. The topological polar surface area (TPSA) is 132 Å². The van der Waals surface area contributed by atoms with Gasteiger partial charge in [0, 0.05) is 13.0 Å². The minimum absolute atomic E-state index is 0.0298. The maximum Gasteiger partial charge on any atom is 0.490 e. The number of ether oxygens (including phenoxy) is 2. The quantitative estimate of drug-likeness (QED) is 0.464. The van der Waals surface area contributed by atoms with Crippen LogP contribution in [0.2, 0.25) is 0 Å². The number of carboxylic acids is 1. The molecule has 0 atom stereocenters. The average molecular weight is 418 g/mol. The highest BCUT2D eigenvalue weighted by atomic mass is 19.4. The Bertz CT molecular complexity index is 895. The zero-order chi connectivity index (χ0) is 22.0. The smallest absolute Gasteiger partial charge is 0.490 e. The third-order valence-electron chi connectivity index (χ3n) is 3.43. The molecule has 1 aromatic carbocycles. The van der Waals surface area contributed by atoms with E-state index >= 15 is 0 Å². The normalized spacial score (nSPS) is 10.8. The fourth-order valence-electron chi connectivity index (χ4n) is 2.04. The number of halogens is 3. The zero-order valence-electron chi connectivity index (χ0n) is 15.5. The van der Waals surface area contributed by atoms with Gasteiger partial charge in [-0.05, 0) is 43.0 Å². The molecule has 0 saturated heterocycles. The number of aromatic amines is 1. The molecule has 0 spiro atoms. The van der Waals surface area contributed by atoms with Gasteiger partial charge >= 0.3 is 18.1 Å². The van der Waals surface area contributed by atoms with Crippen molar-refractivity contribution in [3.8, 4) is 5.75 Å². The number of carbonyl (C=O) groups is 2. The summed E-state index contributed by atoms with van der Waals surface area (Å²) in [6.45, 7) is 2.53. The van der Waals surface area contributed by atoms with Gasteiger partial charge in [0.15, 0.2) is 0 Å². The highest BCUT2D eigenvalue weighted by molar-refractivity contribution is 5.80. The largest absolute Gasteiger partial charge is 0.494 e. The molecule has 0 bridgehead atoms. The zero-order valence-corrected chi connectivity index (χ0v) is 15.5. The highest BCUT2D eigenvalue weighted by Crippen LogP contribution is 2.19. The molecule has 29 heavy (non-hydrogen) atoms. The predicted molar refractivity (Wildman–Crippen MR) is 97.5 cm³/mol. The van der Waals surface area contributed by atoms with Crippen molar-refractivity contribution < 1.29 is 37.3 Å². The molecule has 0 saturated carbocycles. The number of unbranched alkanes of at least 4 members (excludes halogenated alkanes) is 1. The number of H-pyrrole nitrogens is 1. The van der Waals surface area contributed by atoms with Crippen LogP contribution in [0.25, 0.3) is 10.9 Å². The van der Waals surface area contributed by atoms with Gasteiger partial charge in [0.25, 0.3) is 5.56 Å². The van der Waals surface area contributed by atoms with Crippen molar-refractivity contribution in [3.63, 3.8) is 0 Å². The summed E-state index contributed by atoms with van der Waals surface area (Å²) < 4.78 is 42.2. The van der Waals surface area contributed by atoms with E-state index < -0.39 is 18.1 Å². The third kappa shape index (κ3) is 8.64. The fourth-order valence-corrected chi connectivity index (χ4v) is 2.04. The minimum atomic E-state index is -5.08. The number of rotatable bonds is 7. The molecule has 160 valence electrons. The fraction of sp³-hybridized carbons (Fsp3) is 0.389. The maximum atomic E-state index is 12.0. The van der Waals surface area contributed by atoms with Crippen molar-refractivity contribution in [1.29, 1.82) is 0 Å². The van der Waals surface area contributed by atoms with Gasteiger partial charge in [-0.3, -0.25) is 9.59 Å². The molecule has 2 aromatic rings. The van der Waals surface area contributed by atoms with E-state index in [1.807, 2.05) is 12.1 Å². The van der Waals surface area contributed by atoms with Crippen molar-refractivity contribution in [2.24, 2.45) is 5.73 Å². The average Bonchev–Trinajstić information content (AvgIpc) is 2.63. The summed E-state index contributed by atoms with van der Waals surface area (Å²) in [5.74, 6) is -2.47. The molecular formula is C18H21F3N2O6. The number of carbonyl (C=O) groups excluding carboxylic acids is 1. The van der Waals surface area contributed by atoms with Crippen molar-refractivity contribution in [1.82, 2.24) is 4.98 Å². The van der Waals surface area contributed by atoms with Gasteiger partial charge in [0.05, 0.1) is 17.7 Å². The van der Waals surface area contributed by atoms with Crippen LogP contribution in [0.3, 0.4) is 0 Å². The van der Waals surface area contributed by atoms with Crippen LogP contribution in [-0.2, 0) is 20.9 Å². The second kappa shape index (κ2) is 11.1. The molecule has 1 heterocycles. The Balaban J connectivity index is 0.000000516. The van der Waals surface area contributed by atoms with E-state index in [1.165, 1.54) is 6.92 Å². The molecule has 0 radical (unpaired) electrons. The van der Waals surface area contributed by atoms with Gasteiger partial charge in [-0.15, -0.1) is 0 Å². The molecule has 0 aliphatic heterocycles. The Morgan fingerprint density at radius 2 is 1.86 bits per heavy atom. The number of aromatic nitrogens is 1. The number of alkyl halides is 3. The lowest BCUT2D eigenvalue weighted by Crippen LogP contribution is -2.21. The van der Waals surface area contributed by atoms with E-state index in [2.05, 4.69) is 4.98 Å². The van der Waals surface area contributed by atoms with Gasteiger partial charge < -0.3 is 25.3 Å². The summed E-state index contributed by atoms with van der Waals surface area (Å²) in [4.78, 5) is 34.5. The Kier molecular flexibility index (Phi) is 9.13. The van der Waals surface area contributed by atoms with E-state index in [-0.39, 0.29) is 12.2 Å². The third-order valence-corrected chi connectivity index (χ3v) is 3.43. The minimum Gasteiger partial charge on any atom is -0.494 e. The predicted octanol–water partition coefficient (Wildman–Crippen LogP) is 2.34. The number of hydrogen-bond acceptors (Lipinski definition) is 6. The van der Waals surface area contributed by atoms with Gasteiger partial charge in [0.2, 0.25) is 0 Å². The van der Waals surface area contributed by atoms with Gasteiger partial charge in [-0.2, -0.15) is 13.2 Å². The Hall–Kier alpha value is -3.08. The summed E-state index contributed by atoms with van der Waals surface area (Å²) in [5, 5.41) is 7.98. The van der Waals surface area contributed by atoms with Crippen LogP contribution in [-0.4, -0.2) is 41.4 Å². The van der Waals surface area contributed by atoms with Crippen molar-refractivity contribution >= 4 is 22.8 Å². The number of nitrogens with one attached hydrogen (secondary N) is 1. The van der Waals surface area contributed by atoms with E-state index in [4.69, 9.17) is 25.1 Å². The van der Waals surface area contributed by atoms with Gasteiger partial charge in [-0.1, -0.05) is 0 Å². The maximum absolute atomic E-state index is 12.0. The van der Waals surface area contributed by atoms with Gasteiger partial charge in [0.1, 0.15) is 12.4 Å². The number of esters is 1. The molecule has 0 fully saturated rings. The molecule has 0 amide bonds. The van der Waals surface area contributed by atoms with Crippen molar-refractivity contribution in [2.75, 3.05) is 13.2 Å². The molecular weight excluding hydrogens is 397 g/mol. The number of nitrogens with two attached hydrogens (primary N) is 1. The Labute approximate surface area is 163 Å². The second-order valence-corrected chi connectivity index (χ2v) is 5.80. The molecule has 0 aliphatic carbocycles. The van der Waals surface area contributed by atoms with Crippen LogP contribution >= 0.6 is 0 Å². The van der Waals surface area contributed by atoms with Crippen LogP contribution in [0, 0.1) is 0 Å². The lowest BCUT2D eigenvalue weighted by Gasteiger charge is -2.08. The first-order valence-corrected chi connectivity index (χ1v) is 8.47. The first kappa shape index (κ1) is 24.0. The summed E-state index contributed by atoms with van der Waals surface area (Å²) in [6.07, 6.45) is -3.27. The van der Waals surface area contributed by atoms with E-state index in [0.29, 0.717) is 30.0 Å². The van der Waals surface area contributed by atoms with Crippen LogP contribution in [0.4, 0.5) is 13.2 Å². The Morgan fingerprint density at radius 3 is 2.41 bits per heavy atom. The molecule has 8 nitrogen and oxygen atoms in total. The van der Waals surface area contributed by atoms with Crippen LogP contribution in [0.1, 0.15) is 25.3 Å². The first-order valence-electron chi connectivity index (χ1n) is 8.47. The summed E-state index contributed by atoms with van der Waals surface area (Å²) in [5.41, 5.74) is 6.26. The molecule has 2 rings (SSSR count). The number of carboxylic acid groups (broad SMARTS) is 1. The summed E-state index contributed by atoms with van der Waals surface area (Å²) >= 11 is 0. The summed E-state index contributed by atoms with van der Waals surface area (Å²) in [7, 11) is 0. The number of pyridine rings is 1. The molecule has 11 heteroatoms. The SMILES string of the molecule is CC(=O)OCc1cc2ccc(OCCCCN)cc2[nH]c1=O.O=C(O)C(F)(F)F. The van der Waals surface area contributed by atoms with Crippen molar-refractivity contribution in [2.45, 2.75) is 32.5 Å². The Morgan fingerprint density at radius 1 is 1.21 bits per heavy atom. The van der Waals surface area contributed by atoms with Crippen molar-refractivity contribution in [3.05, 3.63) is 40.2 Å². The van der Waals surface area contributed by atoms with E-state index in [1.54, 1.807) is 12.1 Å². The number of benzene rings is 1. The monoisotopic (exact) mass is 418 g/mol. The van der Waals surface area contributed by atoms with E-state index in [0.717, 1.165) is 18.2 Å². The number of aliphatic carboxylic acids is 1. The standard InChI is InChI=1S/C16H20N2O4.C2HF3O2/c1-11(19)22-10-13-8-12-4-5-14(21-7-3-2-6-17)9-15(12)18-16(13)20;3-2(4,5)1(6)7/h4-5,8-9H,2-3,6-7,10,17H2,1H3,(H,18,20);(H,6,7). The molecule has 4 N–H and O–H groups in total. The number of fused-ring (bicyclic) bond motifs is 1. The highest BCUT2D eigenvalue weighted by Gasteiger charge is 2.38. The lowest BCUT2D eigenvalue weighted by atomic mass is 10.1. The van der Waals surface area contributed by atoms with Crippen LogP contribution < -0.4 is 16.0 Å². The molecule has 1 aromatic heterocycles. The lowest BCUT2D eigenvalue weighted by molar-refractivity contribution is -0.192. The molecule has 0 aliphatic rings. The van der Waals surface area contributed by atoms with E-state index in [9.17, 15) is 22.8 Å². The second-order valence-electron chi connectivity index (χ2n) is 5.80. The van der Waals surface area contributed by atoms with Crippen LogP contribution in [0.15, 0.2) is 29.1 Å². The van der Waals surface area contributed by atoms with Crippen LogP contribution in [0.5, 0.6) is 5.75 Å². The summed E-state index contributed by atoms with van der Waals surface area (Å²) in [6, 6.07) is 7.21. The van der Waals surface area contributed by atoms with Gasteiger partial charge in [-0.25, -0.2) is 4.79 Å².